The van der Waals surface area contributed by atoms with E-state index in [2.05, 4.69) is 12.6 Å². The molecule has 0 atom stereocenters. The first-order chi connectivity index (χ1) is 7.06. The van der Waals surface area contributed by atoms with Crippen LogP contribution in [0.2, 0.25) is 0 Å². The molecule has 80 valence electrons. The second kappa shape index (κ2) is 4.93. The summed E-state index contributed by atoms with van der Waals surface area (Å²) in [6.45, 7) is 1.51. The van der Waals surface area contributed by atoms with Crippen LogP contribution in [0.15, 0.2) is 18.2 Å². The molecule has 1 aromatic rings. The maximum absolute atomic E-state index is 13.3. The van der Waals surface area contributed by atoms with Crippen molar-refractivity contribution in [2.75, 3.05) is 5.75 Å². The summed E-state index contributed by atoms with van der Waals surface area (Å²) in [5.41, 5.74) is 0.456. The third-order valence-electron chi connectivity index (χ3n) is 1.91. The molecule has 0 aliphatic carbocycles. The van der Waals surface area contributed by atoms with E-state index in [1.165, 1.54) is 19.1 Å². The Hall–Kier alpha value is -1.36. The molecular formula is C10H10FNO2S. The smallest absolute Gasteiger partial charge is 0.258 e. The van der Waals surface area contributed by atoms with E-state index >= 15 is 0 Å². The van der Waals surface area contributed by atoms with E-state index in [4.69, 9.17) is 0 Å². The fourth-order valence-corrected chi connectivity index (χ4v) is 1.29. The average Bonchev–Trinajstić information content (AvgIpc) is 2.16. The van der Waals surface area contributed by atoms with Crippen LogP contribution in [0, 0.1) is 22.9 Å². The second-order valence-corrected chi connectivity index (χ2v) is 3.37. The van der Waals surface area contributed by atoms with Crippen molar-refractivity contribution in [2.45, 2.75) is 6.92 Å². The van der Waals surface area contributed by atoms with Gasteiger partial charge < -0.3 is 0 Å². The molecule has 0 amide bonds. The lowest BCUT2D eigenvalue weighted by molar-refractivity contribution is -0.385. The van der Waals surface area contributed by atoms with Crippen LogP contribution in [0.25, 0.3) is 6.08 Å². The van der Waals surface area contributed by atoms with Gasteiger partial charge in [-0.05, 0) is 13.0 Å². The number of halogens is 1. The van der Waals surface area contributed by atoms with Crippen LogP contribution in [0.1, 0.15) is 11.1 Å². The molecule has 1 aromatic carbocycles. The van der Waals surface area contributed by atoms with Crippen molar-refractivity contribution in [1.29, 1.82) is 0 Å². The van der Waals surface area contributed by atoms with Crippen LogP contribution in [0.4, 0.5) is 10.1 Å². The fraction of sp³-hybridized carbons (Fsp3) is 0.200. The van der Waals surface area contributed by atoms with Crippen LogP contribution in [0.3, 0.4) is 0 Å². The summed E-state index contributed by atoms with van der Waals surface area (Å²) in [7, 11) is 0. The Morgan fingerprint density at radius 3 is 2.80 bits per heavy atom. The highest BCUT2D eigenvalue weighted by molar-refractivity contribution is 7.80. The van der Waals surface area contributed by atoms with Crippen molar-refractivity contribution >= 4 is 24.4 Å². The summed E-state index contributed by atoms with van der Waals surface area (Å²) in [4.78, 5) is 10.1. The van der Waals surface area contributed by atoms with Gasteiger partial charge in [-0.25, -0.2) is 4.39 Å². The molecule has 0 aliphatic heterocycles. The summed E-state index contributed by atoms with van der Waals surface area (Å²) < 4.78 is 13.3. The lowest BCUT2D eigenvalue weighted by atomic mass is 10.1. The number of nitrogens with zero attached hydrogens (tertiary/aromatic N) is 1. The summed E-state index contributed by atoms with van der Waals surface area (Å²) in [6.07, 6.45) is 3.11. The zero-order valence-electron chi connectivity index (χ0n) is 8.11. The number of hydrogen-bond donors (Lipinski definition) is 1. The highest BCUT2D eigenvalue weighted by atomic mass is 32.1. The molecule has 0 spiro atoms. The first-order valence-electron chi connectivity index (χ1n) is 4.28. The van der Waals surface area contributed by atoms with Gasteiger partial charge in [-0.3, -0.25) is 10.1 Å². The quantitative estimate of drug-likeness (QED) is 0.490. The number of nitro groups is 1. The molecule has 0 unspecified atom stereocenters. The monoisotopic (exact) mass is 227 g/mol. The number of nitro benzene ring substituents is 1. The molecule has 0 radical (unpaired) electrons. The maximum atomic E-state index is 13.3. The number of aryl methyl sites for hydroxylation is 1. The normalized spacial score (nSPS) is 10.9. The zero-order valence-corrected chi connectivity index (χ0v) is 9.00. The van der Waals surface area contributed by atoms with Crippen LogP contribution in [-0.4, -0.2) is 10.7 Å². The van der Waals surface area contributed by atoms with E-state index < -0.39 is 10.7 Å². The molecule has 1 rings (SSSR count). The van der Waals surface area contributed by atoms with Gasteiger partial charge in [0.15, 0.2) is 0 Å². The van der Waals surface area contributed by atoms with Gasteiger partial charge in [0.25, 0.3) is 5.69 Å². The number of benzene rings is 1. The average molecular weight is 227 g/mol. The predicted octanol–water partition coefficient (Wildman–Crippen LogP) is 2.99. The Morgan fingerprint density at radius 2 is 2.27 bits per heavy atom. The summed E-state index contributed by atoms with van der Waals surface area (Å²) in [5.74, 6) is -0.00248. The van der Waals surface area contributed by atoms with E-state index in [-0.39, 0.29) is 11.3 Å². The topological polar surface area (TPSA) is 43.1 Å². The molecule has 0 saturated heterocycles. The van der Waals surface area contributed by atoms with Crippen LogP contribution in [0.5, 0.6) is 0 Å². The molecule has 0 fully saturated rings. The Bertz CT molecular complexity index is 418. The standard InChI is InChI=1S/C10H10FNO2S/c1-7-5-9(11)8(3-2-4-15)6-10(7)12(13)14/h2-3,5-6,15H,4H2,1H3. The third kappa shape index (κ3) is 2.79. The van der Waals surface area contributed by atoms with Gasteiger partial charge in [-0.15, -0.1) is 0 Å². The van der Waals surface area contributed by atoms with E-state index in [1.807, 2.05) is 0 Å². The minimum atomic E-state index is -0.521. The van der Waals surface area contributed by atoms with Crippen molar-refractivity contribution in [3.05, 3.63) is 45.3 Å². The third-order valence-corrected chi connectivity index (χ3v) is 2.13. The Morgan fingerprint density at radius 1 is 1.60 bits per heavy atom. The minimum absolute atomic E-state index is 0.0739. The molecule has 0 heterocycles. The largest absolute Gasteiger partial charge is 0.273 e. The predicted molar refractivity (Wildman–Crippen MR) is 60.7 cm³/mol. The van der Waals surface area contributed by atoms with Gasteiger partial charge in [0, 0.05) is 22.9 Å². The highest BCUT2D eigenvalue weighted by Crippen LogP contribution is 2.22. The van der Waals surface area contributed by atoms with Crippen LogP contribution >= 0.6 is 12.6 Å². The molecule has 3 nitrogen and oxygen atoms in total. The van der Waals surface area contributed by atoms with Crippen molar-refractivity contribution in [1.82, 2.24) is 0 Å². The highest BCUT2D eigenvalue weighted by Gasteiger charge is 2.13. The maximum Gasteiger partial charge on any atom is 0.273 e. The Labute approximate surface area is 92.2 Å². The van der Waals surface area contributed by atoms with E-state index in [1.54, 1.807) is 6.08 Å². The van der Waals surface area contributed by atoms with Gasteiger partial charge >= 0.3 is 0 Å². The van der Waals surface area contributed by atoms with E-state index in [9.17, 15) is 14.5 Å². The molecular weight excluding hydrogens is 217 g/mol. The lowest BCUT2D eigenvalue weighted by Gasteiger charge is -2.00. The van der Waals surface area contributed by atoms with Gasteiger partial charge in [-0.1, -0.05) is 12.2 Å². The number of rotatable bonds is 3. The van der Waals surface area contributed by atoms with Crippen molar-refractivity contribution in [3.8, 4) is 0 Å². The first kappa shape index (κ1) is 11.7. The van der Waals surface area contributed by atoms with Gasteiger partial charge in [-0.2, -0.15) is 12.6 Å². The van der Waals surface area contributed by atoms with E-state index in [0.29, 0.717) is 11.3 Å². The number of hydrogen-bond acceptors (Lipinski definition) is 3. The molecule has 5 heteroatoms. The zero-order chi connectivity index (χ0) is 11.4. The summed E-state index contributed by atoms with van der Waals surface area (Å²) >= 11 is 3.93. The van der Waals surface area contributed by atoms with Crippen LogP contribution < -0.4 is 0 Å². The summed E-state index contributed by atoms with van der Waals surface area (Å²) in [6, 6.07) is 2.39. The van der Waals surface area contributed by atoms with Gasteiger partial charge in [0.1, 0.15) is 5.82 Å². The number of thiol groups is 1. The minimum Gasteiger partial charge on any atom is -0.258 e. The van der Waals surface area contributed by atoms with Crippen molar-refractivity contribution < 1.29 is 9.31 Å². The van der Waals surface area contributed by atoms with Crippen molar-refractivity contribution in [2.24, 2.45) is 0 Å². The molecule has 0 aromatic heterocycles. The van der Waals surface area contributed by atoms with Gasteiger partial charge in [0.05, 0.1) is 4.92 Å². The molecule has 0 saturated carbocycles. The molecule has 15 heavy (non-hydrogen) atoms. The Balaban J connectivity index is 3.23. The van der Waals surface area contributed by atoms with E-state index in [0.717, 1.165) is 6.07 Å². The summed E-state index contributed by atoms with van der Waals surface area (Å²) in [5, 5.41) is 10.6. The molecule has 0 N–H and O–H groups in total. The van der Waals surface area contributed by atoms with Gasteiger partial charge in [0.2, 0.25) is 0 Å². The second-order valence-electron chi connectivity index (χ2n) is 3.00. The SMILES string of the molecule is Cc1cc(F)c(C=CCS)cc1[N+](=O)[O-]. The first-order valence-corrected chi connectivity index (χ1v) is 4.91. The molecule has 0 aliphatic rings. The lowest BCUT2D eigenvalue weighted by Crippen LogP contribution is -1.94. The van der Waals surface area contributed by atoms with Crippen LogP contribution in [-0.2, 0) is 0 Å². The van der Waals surface area contributed by atoms with Crippen molar-refractivity contribution in [3.63, 3.8) is 0 Å². The fourth-order valence-electron chi connectivity index (χ4n) is 1.18. The Kier molecular flexibility index (Phi) is 3.85. The molecule has 0 bridgehead atoms.